The molecule has 1 saturated carbocycles. The SMILES string of the molecule is COC(=O)C1CCC(NC(=O)c2cc3c(C)cc(F)cc3[nH]2)CC1. The van der Waals surface area contributed by atoms with Gasteiger partial charge < -0.3 is 15.0 Å². The lowest BCUT2D eigenvalue weighted by Crippen LogP contribution is -2.39. The Kier molecular flexibility index (Phi) is 4.55. The second-order valence-corrected chi connectivity index (χ2v) is 6.41. The van der Waals surface area contributed by atoms with Crippen molar-refractivity contribution in [2.45, 2.75) is 38.6 Å². The van der Waals surface area contributed by atoms with Gasteiger partial charge in [0.1, 0.15) is 11.5 Å². The fourth-order valence-electron chi connectivity index (χ4n) is 3.40. The molecule has 5 nitrogen and oxygen atoms in total. The Morgan fingerprint density at radius 2 is 1.92 bits per heavy atom. The summed E-state index contributed by atoms with van der Waals surface area (Å²) in [6, 6.07) is 4.63. The van der Waals surface area contributed by atoms with Crippen molar-refractivity contribution in [3.8, 4) is 0 Å². The van der Waals surface area contributed by atoms with Crippen LogP contribution in [-0.2, 0) is 9.53 Å². The number of fused-ring (bicyclic) bond motifs is 1. The summed E-state index contributed by atoms with van der Waals surface area (Å²) in [6.45, 7) is 1.81. The minimum atomic E-state index is -0.324. The van der Waals surface area contributed by atoms with Gasteiger partial charge in [-0.05, 0) is 56.4 Å². The predicted octanol–water partition coefficient (Wildman–Crippen LogP) is 3.08. The molecule has 1 heterocycles. The Hall–Kier alpha value is -2.37. The van der Waals surface area contributed by atoms with E-state index in [1.54, 1.807) is 6.07 Å². The highest BCUT2D eigenvalue weighted by Crippen LogP contribution is 2.26. The molecule has 0 spiro atoms. The Morgan fingerprint density at radius 3 is 2.58 bits per heavy atom. The first-order chi connectivity index (χ1) is 11.5. The minimum absolute atomic E-state index is 0.0441. The molecule has 0 atom stereocenters. The van der Waals surface area contributed by atoms with Gasteiger partial charge in [-0.15, -0.1) is 0 Å². The van der Waals surface area contributed by atoms with Crippen LogP contribution >= 0.6 is 0 Å². The number of ether oxygens (including phenoxy) is 1. The predicted molar refractivity (Wildman–Crippen MR) is 88.2 cm³/mol. The number of rotatable bonds is 3. The van der Waals surface area contributed by atoms with E-state index in [9.17, 15) is 14.0 Å². The molecule has 0 aliphatic heterocycles. The Labute approximate surface area is 139 Å². The summed E-state index contributed by atoms with van der Waals surface area (Å²) in [5.74, 6) is -0.766. The van der Waals surface area contributed by atoms with Gasteiger partial charge in [-0.2, -0.15) is 0 Å². The first-order valence-electron chi connectivity index (χ1n) is 8.15. The molecule has 2 N–H and O–H groups in total. The van der Waals surface area contributed by atoms with Crippen molar-refractivity contribution < 1.29 is 18.7 Å². The van der Waals surface area contributed by atoms with Gasteiger partial charge >= 0.3 is 5.97 Å². The van der Waals surface area contributed by atoms with E-state index < -0.39 is 0 Å². The van der Waals surface area contributed by atoms with Crippen molar-refractivity contribution in [2.75, 3.05) is 7.11 Å². The van der Waals surface area contributed by atoms with E-state index in [1.165, 1.54) is 19.2 Å². The van der Waals surface area contributed by atoms with Crippen LogP contribution in [0.2, 0.25) is 0 Å². The van der Waals surface area contributed by atoms with Crippen molar-refractivity contribution in [1.82, 2.24) is 10.3 Å². The Morgan fingerprint density at radius 1 is 1.21 bits per heavy atom. The number of hydrogen-bond acceptors (Lipinski definition) is 3. The minimum Gasteiger partial charge on any atom is -0.469 e. The van der Waals surface area contributed by atoms with E-state index in [1.807, 2.05) is 6.92 Å². The maximum Gasteiger partial charge on any atom is 0.308 e. The van der Waals surface area contributed by atoms with E-state index in [0.29, 0.717) is 24.1 Å². The smallest absolute Gasteiger partial charge is 0.308 e. The van der Waals surface area contributed by atoms with Crippen molar-refractivity contribution in [3.05, 3.63) is 35.3 Å². The molecule has 3 rings (SSSR count). The summed E-state index contributed by atoms with van der Waals surface area (Å²) in [4.78, 5) is 26.9. The molecule has 0 bridgehead atoms. The second kappa shape index (κ2) is 6.63. The van der Waals surface area contributed by atoms with Gasteiger partial charge in [0.2, 0.25) is 0 Å². The fraction of sp³-hybridized carbons (Fsp3) is 0.444. The number of benzene rings is 1. The number of aromatic amines is 1. The van der Waals surface area contributed by atoms with E-state index >= 15 is 0 Å². The molecule has 1 aromatic heterocycles. The molecule has 0 saturated heterocycles. The molecular weight excluding hydrogens is 311 g/mol. The third kappa shape index (κ3) is 3.27. The van der Waals surface area contributed by atoms with Gasteiger partial charge in [0, 0.05) is 16.9 Å². The number of H-pyrrole nitrogens is 1. The van der Waals surface area contributed by atoms with Crippen molar-refractivity contribution in [3.63, 3.8) is 0 Å². The number of nitrogens with one attached hydrogen (secondary N) is 2. The summed E-state index contributed by atoms with van der Waals surface area (Å²) in [5, 5.41) is 3.84. The number of carbonyl (C=O) groups excluding carboxylic acids is 2. The van der Waals surface area contributed by atoms with Crippen LogP contribution in [-0.4, -0.2) is 30.0 Å². The number of hydrogen-bond donors (Lipinski definition) is 2. The molecule has 24 heavy (non-hydrogen) atoms. The molecule has 1 aliphatic carbocycles. The number of aryl methyl sites for hydroxylation is 1. The number of methoxy groups -OCH3 is 1. The largest absolute Gasteiger partial charge is 0.469 e. The summed E-state index contributed by atoms with van der Waals surface area (Å²) in [5.41, 5.74) is 1.83. The molecule has 6 heteroatoms. The zero-order valence-corrected chi connectivity index (χ0v) is 13.8. The molecular formula is C18H21FN2O3. The summed E-state index contributed by atoms with van der Waals surface area (Å²) in [7, 11) is 1.40. The van der Waals surface area contributed by atoms with E-state index in [-0.39, 0.29) is 29.7 Å². The lowest BCUT2D eigenvalue weighted by molar-refractivity contribution is -0.146. The molecule has 0 unspecified atom stereocenters. The van der Waals surface area contributed by atoms with Gasteiger partial charge in [0.05, 0.1) is 13.0 Å². The third-order valence-electron chi connectivity index (χ3n) is 4.75. The molecule has 2 aromatic rings. The van der Waals surface area contributed by atoms with Gasteiger partial charge in [0.15, 0.2) is 0 Å². The lowest BCUT2D eigenvalue weighted by atomic mass is 9.86. The summed E-state index contributed by atoms with van der Waals surface area (Å²) in [6.07, 6.45) is 2.93. The first kappa shape index (κ1) is 16.5. The van der Waals surface area contributed by atoms with Crippen LogP contribution in [0.4, 0.5) is 4.39 Å². The zero-order valence-electron chi connectivity index (χ0n) is 13.8. The molecule has 128 valence electrons. The number of halogens is 1. The number of carbonyl (C=O) groups is 2. The average Bonchev–Trinajstić information content (AvgIpc) is 2.99. The molecule has 1 aromatic carbocycles. The van der Waals surface area contributed by atoms with Gasteiger partial charge in [-0.25, -0.2) is 4.39 Å². The topological polar surface area (TPSA) is 71.2 Å². The maximum absolute atomic E-state index is 13.5. The van der Waals surface area contributed by atoms with Crippen LogP contribution in [0.1, 0.15) is 41.7 Å². The Bertz CT molecular complexity index is 776. The highest BCUT2D eigenvalue weighted by Gasteiger charge is 2.28. The van der Waals surface area contributed by atoms with Crippen LogP contribution in [0.25, 0.3) is 10.9 Å². The van der Waals surface area contributed by atoms with Crippen LogP contribution in [0, 0.1) is 18.7 Å². The Balaban J connectivity index is 1.66. The van der Waals surface area contributed by atoms with E-state index in [4.69, 9.17) is 4.74 Å². The molecule has 1 fully saturated rings. The quantitative estimate of drug-likeness (QED) is 0.849. The standard InChI is InChI=1S/C18H21FN2O3/c1-10-7-12(19)8-15-14(10)9-16(21-15)17(22)20-13-5-3-11(4-6-13)18(23)24-2/h7-9,11,13,21H,3-6H2,1-2H3,(H,20,22). The van der Waals surface area contributed by atoms with Gasteiger partial charge in [-0.3, -0.25) is 9.59 Å². The van der Waals surface area contributed by atoms with Crippen molar-refractivity contribution in [2.24, 2.45) is 5.92 Å². The van der Waals surface area contributed by atoms with Crippen LogP contribution in [0.15, 0.2) is 18.2 Å². The average molecular weight is 332 g/mol. The van der Waals surface area contributed by atoms with Crippen LogP contribution in [0.5, 0.6) is 0 Å². The van der Waals surface area contributed by atoms with Gasteiger partial charge in [0.25, 0.3) is 5.91 Å². The number of aromatic nitrogens is 1. The number of esters is 1. The highest BCUT2D eigenvalue weighted by atomic mass is 19.1. The highest BCUT2D eigenvalue weighted by molar-refractivity contribution is 5.99. The lowest BCUT2D eigenvalue weighted by Gasteiger charge is -2.27. The monoisotopic (exact) mass is 332 g/mol. The molecule has 1 amide bonds. The molecule has 0 radical (unpaired) electrons. The second-order valence-electron chi connectivity index (χ2n) is 6.41. The van der Waals surface area contributed by atoms with Gasteiger partial charge in [-0.1, -0.05) is 0 Å². The fourth-order valence-corrected chi connectivity index (χ4v) is 3.40. The van der Waals surface area contributed by atoms with E-state index in [2.05, 4.69) is 10.3 Å². The molecule has 1 aliphatic rings. The normalized spacial score (nSPS) is 20.8. The third-order valence-corrected chi connectivity index (χ3v) is 4.75. The first-order valence-corrected chi connectivity index (χ1v) is 8.15. The number of amides is 1. The van der Waals surface area contributed by atoms with Crippen molar-refractivity contribution in [1.29, 1.82) is 0 Å². The van der Waals surface area contributed by atoms with Crippen LogP contribution < -0.4 is 5.32 Å². The van der Waals surface area contributed by atoms with E-state index in [0.717, 1.165) is 23.8 Å². The summed E-state index contributed by atoms with van der Waals surface area (Å²) < 4.78 is 18.2. The maximum atomic E-state index is 13.5. The van der Waals surface area contributed by atoms with Crippen LogP contribution in [0.3, 0.4) is 0 Å². The summed E-state index contributed by atoms with van der Waals surface area (Å²) >= 11 is 0. The van der Waals surface area contributed by atoms with Crippen molar-refractivity contribution >= 4 is 22.8 Å². The zero-order chi connectivity index (χ0) is 17.3.